The molecule has 2 heteroatoms. The highest BCUT2D eigenvalue weighted by molar-refractivity contribution is 8.00. The van der Waals surface area contributed by atoms with Gasteiger partial charge in [0, 0.05) is 10.8 Å². The quantitative estimate of drug-likeness (QED) is 0.736. The summed E-state index contributed by atoms with van der Waals surface area (Å²) in [5.41, 5.74) is 2.99. The van der Waals surface area contributed by atoms with Crippen LogP contribution in [0, 0.1) is 5.92 Å². The summed E-state index contributed by atoms with van der Waals surface area (Å²) in [6, 6.07) is 6.67. The molecule has 0 saturated heterocycles. The Hall–Kier alpha value is -0.760. The fourth-order valence-electron chi connectivity index (χ4n) is 2.16. The van der Waals surface area contributed by atoms with Crippen molar-refractivity contribution in [3.8, 4) is 0 Å². The van der Waals surface area contributed by atoms with E-state index in [9.17, 15) is 4.79 Å². The number of hydrogen-bond donors (Lipinski definition) is 0. The van der Waals surface area contributed by atoms with Crippen molar-refractivity contribution < 1.29 is 4.79 Å². The second-order valence-corrected chi connectivity index (χ2v) is 5.90. The fourth-order valence-corrected chi connectivity index (χ4v) is 3.15. The Balaban J connectivity index is 1.93. The Bertz CT molecular complexity index is 411. The number of thioether (sulfide) groups is 1. The lowest BCUT2D eigenvalue weighted by atomic mass is 10.1. The first-order valence-corrected chi connectivity index (χ1v) is 7.46. The molecule has 92 valence electrons. The molecule has 0 aromatic heterocycles. The van der Waals surface area contributed by atoms with Crippen molar-refractivity contribution in [3.05, 3.63) is 29.3 Å². The van der Waals surface area contributed by atoms with Crippen LogP contribution in [0.25, 0.3) is 0 Å². The summed E-state index contributed by atoms with van der Waals surface area (Å²) < 4.78 is 0. The van der Waals surface area contributed by atoms with Gasteiger partial charge in [0.2, 0.25) is 0 Å². The van der Waals surface area contributed by atoms with Crippen molar-refractivity contribution in [2.75, 3.05) is 5.75 Å². The number of hydrogen-bond acceptors (Lipinski definition) is 2. The maximum atomic E-state index is 11.8. The molecule has 0 bridgehead atoms. The SMILES string of the molecule is CCC(C)C(=O)CSc1ccc2c(c1)CCC2. The van der Waals surface area contributed by atoms with E-state index in [0.717, 1.165) is 6.42 Å². The Kier molecular flexibility index (Phi) is 4.27. The van der Waals surface area contributed by atoms with Gasteiger partial charge < -0.3 is 0 Å². The average molecular weight is 248 g/mol. The highest BCUT2D eigenvalue weighted by Crippen LogP contribution is 2.27. The van der Waals surface area contributed by atoms with Gasteiger partial charge in [0.25, 0.3) is 0 Å². The fraction of sp³-hybridized carbons (Fsp3) is 0.533. The second-order valence-electron chi connectivity index (χ2n) is 4.85. The second kappa shape index (κ2) is 5.72. The molecule has 1 aliphatic rings. The minimum absolute atomic E-state index is 0.205. The number of benzene rings is 1. The lowest BCUT2D eigenvalue weighted by molar-refractivity contribution is -0.119. The van der Waals surface area contributed by atoms with E-state index in [4.69, 9.17) is 0 Å². The van der Waals surface area contributed by atoms with Crippen LogP contribution < -0.4 is 0 Å². The summed E-state index contributed by atoms with van der Waals surface area (Å²) in [5.74, 6) is 1.20. The summed E-state index contributed by atoms with van der Waals surface area (Å²) >= 11 is 1.69. The molecule has 0 fully saturated rings. The van der Waals surface area contributed by atoms with Crippen LogP contribution in [0.4, 0.5) is 0 Å². The lowest BCUT2D eigenvalue weighted by Gasteiger charge is -2.08. The molecule has 1 unspecified atom stereocenters. The molecule has 0 amide bonds. The third-order valence-electron chi connectivity index (χ3n) is 3.61. The summed E-state index contributed by atoms with van der Waals surface area (Å²) in [6.45, 7) is 4.09. The van der Waals surface area contributed by atoms with Crippen LogP contribution in [0.15, 0.2) is 23.1 Å². The van der Waals surface area contributed by atoms with Crippen molar-refractivity contribution in [3.63, 3.8) is 0 Å². The molecular formula is C15H20OS. The molecule has 0 saturated carbocycles. The first-order chi connectivity index (χ1) is 8.20. The Morgan fingerprint density at radius 2 is 2.12 bits per heavy atom. The highest BCUT2D eigenvalue weighted by Gasteiger charge is 2.13. The monoisotopic (exact) mass is 248 g/mol. The largest absolute Gasteiger partial charge is 0.298 e. The van der Waals surface area contributed by atoms with E-state index < -0.39 is 0 Å². The van der Waals surface area contributed by atoms with E-state index in [1.807, 2.05) is 6.92 Å². The Labute approximate surface area is 108 Å². The van der Waals surface area contributed by atoms with Crippen LogP contribution in [0.5, 0.6) is 0 Å². The van der Waals surface area contributed by atoms with Gasteiger partial charge in [-0.15, -0.1) is 11.8 Å². The standard InChI is InChI=1S/C15H20OS/c1-3-11(2)15(16)10-17-14-8-7-12-5-4-6-13(12)9-14/h7-9,11H,3-6,10H2,1-2H3. The van der Waals surface area contributed by atoms with E-state index >= 15 is 0 Å². The molecule has 1 atom stereocenters. The number of carbonyl (C=O) groups is 1. The molecule has 0 heterocycles. The number of Topliss-reactive ketones (excluding diaryl/α,β-unsaturated/α-hetero) is 1. The lowest BCUT2D eigenvalue weighted by Crippen LogP contribution is -2.12. The summed E-state index contributed by atoms with van der Waals surface area (Å²) in [5, 5.41) is 0. The van der Waals surface area contributed by atoms with E-state index in [1.165, 1.54) is 35.3 Å². The zero-order valence-electron chi connectivity index (χ0n) is 10.7. The minimum atomic E-state index is 0.205. The van der Waals surface area contributed by atoms with Crippen molar-refractivity contribution in [1.82, 2.24) is 0 Å². The minimum Gasteiger partial charge on any atom is -0.298 e. The van der Waals surface area contributed by atoms with E-state index in [2.05, 4.69) is 25.1 Å². The summed E-state index contributed by atoms with van der Waals surface area (Å²) in [4.78, 5) is 13.0. The molecule has 0 radical (unpaired) electrons. The van der Waals surface area contributed by atoms with Crippen molar-refractivity contribution in [1.29, 1.82) is 0 Å². The highest BCUT2D eigenvalue weighted by atomic mass is 32.2. The van der Waals surface area contributed by atoms with Crippen LogP contribution in [0.1, 0.15) is 37.8 Å². The zero-order valence-corrected chi connectivity index (χ0v) is 11.5. The van der Waals surface area contributed by atoms with Crippen LogP contribution in [0.2, 0.25) is 0 Å². The van der Waals surface area contributed by atoms with E-state index in [1.54, 1.807) is 11.8 Å². The topological polar surface area (TPSA) is 17.1 Å². The number of aryl methyl sites for hydroxylation is 2. The normalized spacial score (nSPS) is 15.6. The van der Waals surface area contributed by atoms with Gasteiger partial charge in [-0.2, -0.15) is 0 Å². The van der Waals surface area contributed by atoms with Gasteiger partial charge in [0.05, 0.1) is 5.75 Å². The summed E-state index contributed by atoms with van der Waals surface area (Å²) in [6.07, 6.45) is 4.67. The average Bonchev–Trinajstić information content (AvgIpc) is 2.82. The van der Waals surface area contributed by atoms with Gasteiger partial charge in [-0.1, -0.05) is 19.9 Å². The first kappa shape index (κ1) is 12.7. The molecule has 1 aliphatic carbocycles. The van der Waals surface area contributed by atoms with Gasteiger partial charge in [0.1, 0.15) is 5.78 Å². The predicted octanol–water partition coefficient (Wildman–Crippen LogP) is 3.88. The van der Waals surface area contributed by atoms with Gasteiger partial charge in [-0.05, 0) is 48.9 Å². The maximum Gasteiger partial charge on any atom is 0.145 e. The molecular weight excluding hydrogens is 228 g/mol. The van der Waals surface area contributed by atoms with Crippen molar-refractivity contribution >= 4 is 17.5 Å². The van der Waals surface area contributed by atoms with Crippen LogP contribution in [-0.2, 0) is 17.6 Å². The van der Waals surface area contributed by atoms with Gasteiger partial charge >= 0.3 is 0 Å². The maximum absolute atomic E-state index is 11.8. The number of rotatable bonds is 5. The van der Waals surface area contributed by atoms with Gasteiger partial charge in [0.15, 0.2) is 0 Å². The summed E-state index contributed by atoms with van der Waals surface area (Å²) in [7, 11) is 0. The smallest absolute Gasteiger partial charge is 0.145 e. The van der Waals surface area contributed by atoms with Gasteiger partial charge in [-0.25, -0.2) is 0 Å². The molecule has 1 nitrogen and oxygen atoms in total. The van der Waals surface area contributed by atoms with Crippen LogP contribution in [0.3, 0.4) is 0 Å². The number of ketones is 1. The third kappa shape index (κ3) is 3.12. The Morgan fingerprint density at radius 3 is 2.88 bits per heavy atom. The van der Waals surface area contributed by atoms with Crippen LogP contribution in [-0.4, -0.2) is 11.5 Å². The molecule has 2 rings (SSSR count). The third-order valence-corrected chi connectivity index (χ3v) is 4.63. The number of fused-ring (bicyclic) bond motifs is 1. The molecule has 1 aromatic rings. The Morgan fingerprint density at radius 1 is 1.35 bits per heavy atom. The van der Waals surface area contributed by atoms with Crippen molar-refractivity contribution in [2.24, 2.45) is 5.92 Å². The molecule has 1 aromatic carbocycles. The molecule has 17 heavy (non-hydrogen) atoms. The van der Waals surface area contributed by atoms with Crippen LogP contribution >= 0.6 is 11.8 Å². The van der Waals surface area contributed by atoms with Crippen molar-refractivity contribution in [2.45, 2.75) is 44.4 Å². The van der Waals surface area contributed by atoms with E-state index in [-0.39, 0.29) is 5.92 Å². The molecule has 0 N–H and O–H groups in total. The zero-order chi connectivity index (χ0) is 12.3. The van der Waals surface area contributed by atoms with Gasteiger partial charge in [-0.3, -0.25) is 4.79 Å². The predicted molar refractivity (Wildman–Crippen MR) is 73.7 cm³/mol. The first-order valence-electron chi connectivity index (χ1n) is 6.48. The molecule has 0 spiro atoms. The van der Waals surface area contributed by atoms with E-state index in [0.29, 0.717) is 11.5 Å². The molecule has 0 aliphatic heterocycles. The number of carbonyl (C=O) groups excluding carboxylic acids is 1.